The fourth-order valence-electron chi connectivity index (χ4n) is 1.79. The number of methoxy groups -OCH3 is 2. The SMILES string of the molecule is COc1ccc(C(=O)COc2ccc(I)cc2)c(OC)c1. The van der Waals surface area contributed by atoms with Crippen LogP contribution in [0.25, 0.3) is 0 Å². The van der Waals surface area contributed by atoms with E-state index in [1.807, 2.05) is 24.3 Å². The van der Waals surface area contributed by atoms with Crippen molar-refractivity contribution in [2.75, 3.05) is 20.8 Å². The standard InChI is InChI=1S/C16H15IO4/c1-19-13-7-8-14(16(9-13)20-2)15(18)10-21-12-5-3-11(17)4-6-12/h3-9H,10H2,1-2H3. The molecule has 0 heterocycles. The van der Waals surface area contributed by atoms with E-state index in [0.717, 1.165) is 3.57 Å². The number of benzene rings is 2. The van der Waals surface area contributed by atoms with E-state index in [4.69, 9.17) is 14.2 Å². The highest BCUT2D eigenvalue weighted by molar-refractivity contribution is 14.1. The fourth-order valence-corrected chi connectivity index (χ4v) is 2.15. The second kappa shape index (κ2) is 7.31. The lowest BCUT2D eigenvalue weighted by Crippen LogP contribution is -2.12. The van der Waals surface area contributed by atoms with E-state index in [1.54, 1.807) is 25.3 Å². The van der Waals surface area contributed by atoms with Crippen molar-refractivity contribution in [1.82, 2.24) is 0 Å². The van der Waals surface area contributed by atoms with Gasteiger partial charge in [-0.05, 0) is 59.0 Å². The molecular formula is C16H15IO4. The van der Waals surface area contributed by atoms with Crippen LogP contribution in [0, 0.1) is 3.57 Å². The van der Waals surface area contributed by atoms with E-state index in [2.05, 4.69) is 22.6 Å². The number of hydrogen-bond acceptors (Lipinski definition) is 4. The van der Waals surface area contributed by atoms with Crippen molar-refractivity contribution >= 4 is 28.4 Å². The van der Waals surface area contributed by atoms with Crippen LogP contribution >= 0.6 is 22.6 Å². The van der Waals surface area contributed by atoms with Gasteiger partial charge in [0.25, 0.3) is 0 Å². The first-order valence-electron chi connectivity index (χ1n) is 6.27. The molecule has 110 valence electrons. The van der Waals surface area contributed by atoms with Crippen LogP contribution in [0.5, 0.6) is 17.2 Å². The Morgan fingerprint density at radius 2 is 1.67 bits per heavy atom. The number of halogens is 1. The van der Waals surface area contributed by atoms with Crippen LogP contribution in [-0.2, 0) is 0 Å². The highest BCUT2D eigenvalue weighted by Gasteiger charge is 2.14. The molecular weight excluding hydrogens is 383 g/mol. The summed E-state index contributed by atoms with van der Waals surface area (Å²) in [5.74, 6) is 1.64. The first kappa shape index (κ1) is 15.6. The molecule has 0 atom stereocenters. The molecule has 2 aromatic rings. The van der Waals surface area contributed by atoms with Gasteiger partial charge < -0.3 is 14.2 Å². The van der Waals surface area contributed by atoms with Crippen molar-refractivity contribution in [3.63, 3.8) is 0 Å². The summed E-state index contributed by atoms with van der Waals surface area (Å²) in [5, 5.41) is 0. The van der Waals surface area contributed by atoms with E-state index in [1.165, 1.54) is 7.11 Å². The van der Waals surface area contributed by atoms with Gasteiger partial charge in [-0.3, -0.25) is 4.79 Å². The monoisotopic (exact) mass is 398 g/mol. The summed E-state index contributed by atoms with van der Waals surface area (Å²) in [6, 6.07) is 12.6. The Hall–Kier alpha value is -1.76. The van der Waals surface area contributed by atoms with Crippen molar-refractivity contribution in [1.29, 1.82) is 0 Å². The first-order chi connectivity index (χ1) is 10.1. The summed E-state index contributed by atoms with van der Waals surface area (Å²) in [4.78, 5) is 12.2. The topological polar surface area (TPSA) is 44.8 Å². The van der Waals surface area contributed by atoms with E-state index >= 15 is 0 Å². The molecule has 5 heteroatoms. The third kappa shape index (κ3) is 4.10. The number of carbonyl (C=O) groups excluding carboxylic acids is 1. The maximum atomic E-state index is 12.2. The van der Waals surface area contributed by atoms with Gasteiger partial charge in [0.15, 0.2) is 6.61 Å². The maximum absolute atomic E-state index is 12.2. The second-order valence-corrected chi connectivity index (χ2v) is 5.48. The van der Waals surface area contributed by atoms with Crippen molar-refractivity contribution in [2.24, 2.45) is 0 Å². The minimum absolute atomic E-state index is 0.0384. The van der Waals surface area contributed by atoms with Gasteiger partial charge in [0, 0.05) is 9.64 Å². The molecule has 0 radical (unpaired) electrons. The van der Waals surface area contributed by atoms with Gasteiger partial charge in [-0.2, -0.15) is 0 Å². The lowest BCUT2D eigenvalue weighted by Gasteiger charge is -2.10. The van der Waals surface area contributed by atoms with Crippen LogP contribution < -0.4 is 14.2 Å². The summed E-state index contributed by atoms with van der Waals surface area (Å²) < 4.78 is 16.9. The zero-order chi connectivity index (χ0) is 15.2. The van der Waals surface area contributed by atoms with E-state index in [0.29, 0.717) is 22.8 Å². The van der Waals surface area contributed by atoms with Gasteiger partial charge in [-0.1, -0.05) is 0 Å². The van der Waals surface area contributed by atoms with Crippen LogP contribution in [0.15, 0.2) is 42.5 Å². The summed E-state index contributed by atoms with van der Waals surface area (Å²) in [6.45, 7) is -0.0384. The Kier molecular flexibility index (Phi) is 5.44. The largest absolute Gasteiger partial charge is 0.497 e. The molecule has 0 aromatic heterocycles. The highest BCUT2D eigenvalue weighted by Crippen LogP contribution is 2.25. The van der Waals surface area contributed by atoms with E-state index in [-0.39, 0.29) is 12.4 Å². The predicted octanol–water partition coefficient (Wildman–Crippen LogP) is 3.57. The van der Waals surface area contributed by atoms with Crippen molar-refractivity contribution in [3.8, 4) is 17.2 Å². The van der Waals surface area contributed by atoms with Crippen LogP contribution in [-0.4, -0.2) is 26.6 Å². The normalized spacial score (nSPS) is 10.0. The number of rotatable bonds is 6. The molecule has 0 fully saturated rings. The molecule has 2 rings (SSSR count). The van der Waals surface area contributed by atoms with Gasteiger partial charge in [-0.15, -0.1) is 0 Å². The Labute approximate surface area is 137 Å². The van der Waals surface area contributed by atoms with E-state index < -0.39 is 0 Å². The molecule has 4 nitrogen and oxygen atoms in total. The lowest BCUT2D eigenvalue weighted by atomic mass is 10.1. The minimum Gasteiger partial charge on any atom is -0.497 e. The number of ether oxygens (including phenoxy) is 3. The zero-order valence-electron chi connectivity index (χ0n) is 11.8. The average Bonchev–Trinajstić information content (AvgIpc) is 2.53. The molecule has 2 aromatic carbocycles. The predicted molar refractivity (Wildman–Crippen MR) is 88.5 cm³/mol. The van der Waals surface area contributed by atoms with Gasteiger partial charge in [0.1, 0.15) is 17.2 Å². The van der Waals surface area contributed by atoms with Gasteiger partial charge in [0.2, 0.25) is 5.78 Å². The Balaban J connectivity index is 2.07. The molecule has 0 saturated heterocycles. The summed E-state index contributed by atoms with van der Waals surface area (Å²) >= 11 is 2.21. The zero-order valence-corrected chi connectivity index (χ0v) is 13.9. The van der Waals surface area contributed by atoms with Crippen LogP contribution in [0.3, 0.4) is 0 Å². The first-order valence-corrected chi connectivity index (χ1v) is 7.35. The molecule has 0 N–H and O–H groups in total. The molecule has 21 heavy (non-hydrogen) atoms. The third-order valence-electron chi connectivity index (χ3n) is 2.89. The number of carbonyl (C=O) groups is 1. The minimum atomic E-state index is -0.145. The van der Waals surface area contributed by atoms with Crippen molar-refractivity contribution < 1.29 is 19.0 Å². The maximum Gasteiger partial charge on any atom is 0.203 e. The molecule has 0 amide bonds. The third-order valence-corrected chi connectivity index (χ3v) is 3.61. The number of Topliss-reactive ketones (excluding diaryl/α,β-unsaturated/α-hetero) is 1. The molecule has 0 aliphatic heterocycles. The van der Waals surface area contributed by atoms with Crippen LogP contribution in [0.4, 0.5) is 0 Å². The number of hydrogen-bond donors (Lipinski definition) is 0. The molecule has 0 unspecified atom stereocenters. The summed E-state index contributed by atoms with van der Waals surface area (Å²) in [6.07, 6.45) is 0. The Morgan fingerprint density at radius 1 is 1.00 bits per heavy atom. The quantitative estimate of drug-likeness (QED) is 0.552. The van der Waals surface area contributed by atoms with Crippen molar-refractivity contribution in [3.05, 3.63) is 51.6 Å². The number of ketones is 1. The molecule has 0 spiro atoms. The fraction of sp³-hybridized carbons (Fsp3) is 0.188. The second-order valence-electron chi connectivity index (χ2n) is 4.23. The summed E-state index contributed by atoms with van der Waals surface area (Å²) in [7, 11) is 3.09. The van der Waals surface area contributed by atoms with Crippen LogP contribution in [0.1, 0.15) is 10.4 Å². The van der Waals surface area contributed by atoms with Crippen molar-refractivity contribution in [2.45, 2.75) is 0 Å². The van der Waals surface area contributed by atoms with Gasteiger partial charge in [0.05, 0.1) is 19.8 Å². The van der Waals surface area contributed by atoms with E-state index in [9.17, 15) is 4.79 Å². The van der Waals surface area contributed by atoms with Gasteiger partial charge >= 0.3 is 0 Å². The molecule has 0 saturated carbocycles. The van der Waals surface area contributed by atoms with Gasteiger partial charge in [-0.25, -0.2) is 0 Å². The van der Waals surface area contributed by atoms with Crippen LogP contribution in [0.2, 0.25) is 0 Å². The highest BCUT2D eigenvalue weighted by atomic mass is 127. The molecule has 0 bridgehead atoms. The Morgan fingerprint density at radius 3 is 2.29 bits per heavy atom. The smallest absolute Gasteiger partial charge is 0.203 e. The summed E-state index contributed by atoms with van der Waals surface area (Å²) in [5.41, 5.74) is 0.476. The molecule has 0 aliphatic rings. The average molecular weight is 398 g/mol. The lowest BCUT2D eigenvalue weighted by molar-refractivity contribution is 0.0918. The Bertz CT molecular complexity index is 623. The molecule has 0 aliphatic carbocycles.